The lowest BCUT2D eigenvalue weighted by Crippen LogP contribution is -2.44. The summed E-state index contributed by atoms with van der Waals surface area (Å²) >= 11 is 0. The van der Waals surface area contributed by atoms with Crippen molar-refractivity contribution in [2.24, 2.45) is 5.73 Å². The molecular weight excluding hydrogens is 301 g/mol. The smallest absolute Gasteiger partial charge is 0.406 e. The summed E-state index contributed by atoms with van der Waals surface area (Å²) in [6, 6.07) is 3.80. The van der Waals surface area contributed by atoms with Crippen LogP contribution >= 0.6 is 0 Å². The summed E-state index contributed by atoms with van der Waals surface area (Å²) in [6.45, 7) is 0. The van der Waals surface area contributed by atoms with Crippen LogP contribution in [0.1, 0.15) is 12.0 Å². The van der Waals surface area contributed by atoms with Gasteiger partial charge in [0.2, 0.25) is 11.8 Å². The van der Waals surface area contributed by atoms with Gasteiger partial charge < -0.3 is 15.8 Å². The van der Waals surface area contributed by atoms with Crippen LogP contribution in [0.2, 0.25) is 0 Å². The minimum Gasteiger partial charge on any atom is -0.406 e. The van der Waals surface area contributed by atoms with Crippen LogP contribution in [0.4, 0.5) is 13.2 Å². The molecule has 8 heteroatoms. The molecule has 0 saturated carbocycles. The molecule has 0 aromatic heterocycles. The van der Waals surface area contributed by atoms with Crippen LogP contribution in [0.25, 0.3) is 0 Å². The highest BCUT2D eigenvalue weighted by Gasteiger charge is 2.31. The first kappa shape index (κ1) is 17.4. The summed E-state index contributed by atoms with van der Waals surface area (Å²) in [6.07, 6.45) is 0.0923. The standard InChI is InChI=1S/C14H13F3N2O3/c1-2-3-11(13(18)21)19-12(20)8-9-4-6-10(7-5-9)22-14(15,16)17/h1,4-7,11H,3,8H2,(H2,18,21)(H,19,20)/t11-/m0/s1. The fraction of sp³-hybridized carbons (Fsp3) is 0.286. The predicted molar refractivity (Wildman–Crippen MR) is 71.4 cm³/mol. The van der Waals surface area contributed by atoms with Gasteiger partial charge in [-0.2, -0.15) is 0 Å². The minimum absolute atomic E-state index is 0.0422. The second kappa shape index (κ2) is 7.36. The molecule has 0 aliphatic heterocycles. The van der Waals surface area contributed by atoms with E-state index in [1.165, 1.54) is 12.1 Å². The molecule has 1 rings (SSSR count). The average molecular weight is 314 g/mol. The van der Waals surface area contributed by atoms with Crippen molar-refractivity contribution in [2.75, 3.05) is 0 Å². The van der Waals surface area contributed by atoms with Gasteiger partial charge in [-0.15, -0.1) is 25.5 Å². The van der Waals surface area contributed by atoms with Crippen molar-refractivity contribution in [1.29, 1.82) is 0 Å². The Hall–Kier alpha value is -2.69. The molecule has 0 aliphatic carbocycles. The fourth-order valence-corrected chi connectivity index (χ4v) is 1.58. The second-order valence-electron chi connectivity index (χ2n) is 4.30. The molecule has 5 nitrogen and oxygen atoms in total. The van der Waals surface area contributed by atoms with Gasteiger partial charge >= 0.3 is 6.36 Å². The van der Waals surface area contributed by atoms with Crippen molar-refractivity contribution in [3.8, 4) is 18.1 Å². The second-order valence-corrected chi connectivity index (χ2v) is 4.30. The van der Waals surface area contributed by atoms with Crippen molar-refractivity contribution in [3.05, 3.63) is 29.8 Å². The number of hydrogen-bond acceptors (Lipinski definition) is 3. The molecule has 22 heavy (non-hydrogen) atoms. The summed E-state index contributed by atoms with van der Waals surface area (Å²) in [7, 11) is 0. The van der Waals surface area contributed by atoms with Crippen molar-refractivity contribution >= 4 is 11.8 Å². The van der Waals surface area contributed by atoms with Gasteiger partial charge in [0, 0.05) is 6.42 Å². The number of nitrogens with two attached hydrogens (primary N) is 1. The van der Waals surface area contributed by atoms with E-state index in [4.69, 9.17) is 12.2 Å². The van der Waals surface area contributed by atoms with Gasteiger partial charge in [0.25, 0.3) is 0 Å². The average Bonchev–Trinajstić information content (AvgIpc) is 2.38. The van der Waals surface area contributed by atoms with Gasteiger partial charge in [0.15, 0.2) is 0 Å². The molecule has 118 valence electrons. The Morgan fingerprint density at radius 1 is 1.32 bits per heavy atom. The molecule has 0 bridgehead atoms. The van der Waals surface area contributed by atoms with Crippen LogP contribution in [0.5, 0.6) is 5.75 Å². The zero-order valence-electron chi connectivity index (χ0n) is 11.3. The van der Waals surface area contributed by atoms with Crippen LogP contribution in [-0.2, 0) is 16.0 Å². The zero-order chi connectivity index (χ0) is 16.8. The Morgan fingerprint density at radius 3 is 2.36 bits per heavy atom. The third kappa shape index (κ3) is 6.17. The summed E-state index contributed by atoms with van der Waals surface area (Å²) in [5.41, 5.74) is 5.51. The number of benzene rings is 1. The molecular formula is C14H13F3N2O3. The van der Waals surface area contributed by atoms with Gasteiger partial charge in [0.05, 0.1) is 6.42 Å². The van der Waals surface area contributed by atoms with Gasteiger partial charge in [-0.3, -0.25) is 9.59 Å². The van der Waals surface area contributed by atoms with Gasteiger partial charge in [-0.25, -0.2) is 0 Å². The third-order valence-electron chi connectivity index (χ3n) is 2.52. The van der Waals surface area contributed by atoms with Gasteiger partial charge in [-0.1, -0.05) is 12.1 Å². The lowest BCUT2D eigenvalue weighted by Gasteiger charge is -2.13. The van der Waals surface area contributed by atoms with E-state index in [-0.39, 0.29) is 18.6 Å². The van der Waals surface area contributed by atoms with Gasteiger partial charge in [-0.05, 0) is 17.7 Å². The quantitative estimate of drug-likeness (QED) is 0.772. The van der Waals surface area contributed by atoms with Crippen LogP contribution in [-0.4, -0.2) is 24.2 Å². The molecule has 1 aromatic carbocycles. The number of ether oxygens (including phenoxy) is 1. The summed E-state index contributed by atoms with van der Waals surface area (Å²) in [5.74, 6) is 0.531. The van der Waals surface area contributed by atoms with Crippen LogP contribution < -0.4 is 15.8 Å². The first-order valence-electron chi connectivity index (χ1n) is 6.08. The first-order valence-corrected chi connectivity index (χ1v) is 6.08. The van der Waals surface area contributed by atoms with E-state index in [9.17, 15) is 22.8 Å². The predicted octanol–water partition coefficient (Wildman–Crippen LogP) is 1.12. The molecule has 0 unspecified atom stereocenters. The van der Waals surface area contributed by atoms with E-state index >= 15 is 0 Å². The van der Waals surface area contributed by atoms with Gasteiger partial charge in [0.1, 0.15) is 11.8 Å². The number of rotatable bonds is 6. The van der Waals surface area contributed by atoms with Crippen molar-refractivity contribution in [1.82, 2.24) is 5.32 Å². The van der Waals surface area contributed by atoms with Crippen molar-refractivity contribution < 1.29 is 27.5 Å². The number of amides is 2. The molecule has 1 aromatic rings. The normalized spacial score (nSPS) is 12.1. The fourth-order valence-electron chi connectivity index (χ4n) is 1.58. The summed E-state index contributed by atoms with van der Waals surface area (Å²) in [4.78, 5) is 22.8. The minimum atomic E-state index is -4.77. The Labute approximate surface area is 124 Å². The Kier molecular flexibility index (Phi) is 5.81. The first-order chi connectivity index (χ1) is 10.2. The highest BCUT2D eigenvalue weighted by Crippen LogP contribution is 2.22. The number of alkyl halides is 3. The Morgan fingerprint density at radius 2 is 1.91 bits per heavy atom. The van der Waals surface area contributed by atoms with E-state index in [0.717, 1.165) is 12.1 Å². The number of hydrogen-bond donors (Lipinski definition) is 2. The molecule has 0 heterocycles. The zero-order valence-corrected chi connectivity index (χ0v) is 11.3. The molecule has 0 spiro atoms. The maximum Gasteiger partial charge on any atom is 0.573 e. The molecule has 0 radical (unpaired) electrons. The van der Waals surface area contributed by atoms with Crippen LogP contribution in [0.15, 0.2) is 24.3 Å². The molecule has 0 fully saturated rings. The van der Waals surface area contributed by atoms with Crippen LogP contribution in [0, 0.1) is 12.3 Å². The number of terminal acetylenes is 1. The van der Waals surface area contributed by atoms with E-state index in [1.54, 1.807) is 0 Å². The van der Waals surface area contributed by atoms with Crippen molar-refractivity contribution in [3.63, 3.8) is 0 Å². The topological polar surface area (TPSA) is 81.4 Å². The molecule has 1 atom stereocenters. The van der Waals surface area contributed by atoms with Crippen LogP contribution in [0.3, 0.4) is 0 Å². The Balaban J connectivity index is 2.61. The number of primary amides is 1. The summed E-state index contributed by atoms with van der Waals surface area (Å²) < 4.78 is 39.7. The monoisotopic (exact) mass is 314 g/mol. The van der Waals surface area contributed by atoms with E-state index < -0.39 is 24.2 Å². The number of halogens is 3. The maximum atomic E-state index is 12.0. The lowest BCUT2D eigenvalue weighted by molar-refractivity contribution is -0.274. The molecule has 3 N–H and O–H groups in total. The molecule has 0 saturated heterocycles. The maximum absolute atomic E-state index is 12.0. The third-order valence-corrected chi connectivity index (χ3v) is 2.52. The highest BCUT2D eigenvalue weighted by atomic mass is 19.4. The van der Waals surface area contributed by atoms with E-state index in [0.29, 0.717) is 5.56 Å². The SMILES string of the molecule is C#CC[C@H](NC(=O)Cc1ccc(OC(F)(F)F)cc1)C(N)=O. The largest absolute Gasteiger partial charge is 0.573 e. The molecule has 0 aliphatic rings. The molecule has 2 amide bonds. The van der Waals surface area contributed by atoms with E-state index in [1.807, 2.05) is 0 Å². The Bertz CT molecular complexity index is 576. The number of nitrogens with one attached hydrogen (secondary N) is 1. The summed E-state index contributed by atoms with van der Waals surface area (Å²) in [5, 5.41) is 2.35. The lowest BCUT2D eigenvalue weighted by atomic mass is 10.1. The highest BCUT2D eigenvalue weighted by molar-refractivity contribution is 5.87. The van der Waals surface area contributed by atoms with E-state index in [2.05, 4.69) is 16.0 Å². The number of carbonyl (C=O) groups is 2. The number of carbonyl (C=O) groups excluding carboxylic acids is 2. The van der Waals surface area contributed by atoms with Crippen molar-refractivity contribution in [2.45, 2.75) is 25.2 Å².